The minimum atomic E-state index is -0.790. The molecule has 0 saturated heterocycles. The van der Waals surface area contributed by atoms with Crippen molar-refractivity contribution in [3.05, 3.63) is 35.4 Å². The van der Waals surface area contributed by atoms with Gasteiger partial charge in [0.05, 0.1) is 11.5 Å². The first-order valence-corrected chi connectivity index (χ1v) is 6.98. The molecule has 0 aliphatic heterocycles. The lowest BCUT2D eigenvalue weighted by Crippen LogP contribution is -2.43. The molecule has 0 saturated carbocycles. The van der Waals surface area contributed by atoms with E-state index < -0.39 is 5.60 Å². The number of amides is 1. The van der Waals surface area contributed by atoms with Crippen LogP contribution in [-0.2, 0) is 4.79 Å². The first kappa shape index (κ1) is 15.7. The van der Waals surface area contributed by atoms with Gasteiger partial charge in [0, 0.05) is 6.54 Å². The van der Waals surface area contributed by atoms with Gasteiger partial charge in [-0.15, -0.1) is 0 Å². The highest BCUT2D eigenvalue weighted by atomic mass is 16.3. The molecule has 0 bridgehead atoms. The molecule has 0 heterocycles. The maximum Gasteiger partial charge on any atom is 0.227 e. The predicted molar refractivity (Wildman–Crippen MR) is 78.1 cm³/mol. The van der Waals surface area contributed by atoms with Gasteiger partial charge in [-0.3, -0.25) is 4.79 Å². The van der Waals surface area contributed by atoms with Crippen LogP contribution < -0.4 is 5.32 Å². The lowest BCUT2D eigenvalue weighted by atomic mass is 9.95. The summed E-state index contributed by atoms with van der Waals surface area (Å²) in [5.74, 6) is -0.233. The second kappa shape index (κ2) is 6.71. The molecule has 3 nitrogen and oxygen atoms in total. The van der Waals surface area contributed by atoms with E-state index in [2.05, 4.69) is 5.32 Å². The van der Waals surface area contributed by atoms with Crippen molar-refractivity contribution in [2.45, 2.75) is 52.1 Å². The first-order valence-electron chi connectivity index (χ1n) is 6.98. The van der Waals surface area contributed by atoms with Crippen LogP contribution >= 0.6 is 0 Å². The molecule has 2 N–H and O–H groups in total. The molecule has 19 heavy (non-hydrogen) atoms. The fourth-order valence-corrected chi connectivity index (χ4v) is 2.00. The Labute approximate surface area is 116 Å². The van der Waals surface area contributed by atoms with Gasteiger partial charge in [-0.1, -0.05) is 43.7 Å². The van der Waals surface area contributed by atoms with Crippen LogP contribution in [0.15, 0.2) is 24.3 Å². The van der Waals surface area contributed by atoms with Gasteiger partial charge in [-0.25, -0.2) is 0 Å². The topological polar surface area (TPSA) is 49.3 Å². The van der Waals surface area contributed by atoms with Gasteiger partial charge in [0.25, 0.3) is 0 Å². The van der Waals surface area contributed by atoms with Crippen LogP contribution in [-0.4, -0.2) is 23.2 Å². The van der Waals surface area contributed by atoms with Crippen molar-refractivity contribution in [3.8, 4) is 0 Å². The Morgan fingerprint density at radius 1 is 1.37 bits per heavy atom. The quantitative estimate of drug-likeness (QED) is 0.829. The Hall–Kier alpha value is -1.35. The van der Waals surface area contributed by atoms with Crippen LogP contribution in [0.1, 0.15) is 50.7 Å². The van der Waals surface area contributed by atoms with Gasteiger partial charge in [0.1, 0.15) is 0 Å². The van der Waals surface area contributed by atoms with E-state index in [0.29, 0.717) is 19.4 Å². The summed E-state index contributed by atoms with van der Waals surface area (Å²) in [6, 6.07) is 7.96. The fraction of sp³-hybridized carbons (Fsp3) is 0.562. The van der Waals surface area contributed by atoms with Crippen molar-refractivity contribution in [1.29, 1.82) is 0 Å². The van der Waals surface area contributed by atoms with Crippen molar-refractivity contribution in [2.24, 2.45) is 0 Å². The van der Waals surface area contributed by atoms with E-state index >= 15 is 0 Å². The monoisotopic (exact) mass is 263 g/mol. The highest BCUT2D eigenvalue weighted by Crippen LogP contribution is 2.18. The maximum absolute atomic E-state index is 12.1. The number of carbonyl (C=O) groups is 1. The van der Waals surface area contributed by atoms with Gasteiger partial charge in [0.15, 0.2) is 0 Å². The molecular weight excluding hydrogens is 238 g/mol. The molecule has 1 rings (SSSR count). The third-order valence-electron chi connectivity index (χ3n) is 3.84. The van der Waals surface area contributed by atoms with E-state index in [1.54, 1.807) is 0 Å². The molecule has 0 spiro atoms. The van der Waals surface area contributed by atoms with E-state index in [1.807, 2.05) is 52.0 Å². The molecule has 1 unspecified atom stereocenters. The fourth-order valence-electron chi connectivity index (χ4n) is 2.00. The summed E-state index contributed by atoms with van der Waals surface area (Å²) in [5.41, 5.74) is 1.37. The summed E-state index contributed by atoms with van der Waals surface area (Å²) in [7, 11) is 0. The molecule has 0 aromatic heterocycles. The van der Waals surface area contributed by atoms with Crippen molar-refractivity contribution < 1.29 is 9.90 Å². The molecule has 0 fully saturated rings. The minimum absolute atomic E-state index is 0.0362. The minimum Gasteiger partial charge on any atom is -0.388 e. The van der Waals surface area contributed by atoms with Gasteiger partial charge < -0.3 is 10.4 Å². The maximum atomic E-state index is 12.1. The summed E-state index contributed by atoms with van der Waals surface area (Å²) in [5, 5.41) is 13.0. The van der Waals surface area contributed by atoms with E-state index in [4.69, 9.17) is 0 Å². The van der Waals surface area contributed by atoms with E-state index in [9.17, 15) is 9.90 Å². The van der Waals surface area contributed by atoms with Gasteiger partial charge in [-0.05, 0) is 32.3 Å². The molecule has 0 aliphatic carbocycles. The lowest BCUT2D eigenvalue weighted by molar-refractivity contribution is -0.123. The van der Waals surface area contributed by atoms with Crippen molar-refractivity contribution in [3.63, 3.8) is 0 Å². The number of carbonyl (C=O) groups excluding carboxylic acids is 1. The summed E-state index contributed by atoms with van der Waals surface area (Å²) in [6.45, 7) is 8.08. The number of aliphatic hydroxyl groups is 1. The highest BCUT2D eigenvalue weighted by Gasteiger charge is 2.24. The predicted octanol–water partition coefficient (Wildman–Crippen LogP) is 2.77. The van der Waals surface area contributed by atoms with E-state index in [1.165, 1.54) is 0 Å². The summed E-state index contributed by atoms with van der Waals surface area (Å²) >= 11 is 0. The smallest absolute Gasteiger partial charge is 0.227 e. The highest BCUT2D eigenvalue weighted by molar-refractivity contribution is 5.83. The molecule has 1 atom stereocenters. The Morgan fingerprint density at radius 2 is 2.00 bits per heavy atom. The van der Waals surface area contributed by atoms with Crippen molar-refractivity contribution >= 4 is 5.91 Å². The van der Waals surface area contributed by atoms with Crippen LogP contribution in [0.25, 0.3) is 0 Å². The second-order valence-electron chi connectivity index (χ2n) is 5.29. The van der Waals surface area contributed by atoms with Crippen molar-refractivity contribution in [1.82, 2.24) is 5.32 Å². The Kier molecular flexibility index (Phi) is 5.55. The van der Waals surface area contributed by atoms with Gasteiger partial charge in [0.2, 0.25) is 5.91 Å². The average Bonchev–Trinajstić information content (AvgIpc) is 2.43. The SMILES string of the molecule is CCC(O)(CC)CNC(=O)C(C)c1cccc(C)c1. The molecule has 3 heteroatoms. The molecule has 1 aromatic carbocycles. The largest absolute Gasteiger partial charge is 0.388 e. The summed E-state index contributed by atoms with van der Waals surface area (Å²) in [4.78, 5) is 12.1. The van der Waals surface area contributed by atoms with Crippen LogP contribution in [0.2, 0.25) is 0 Å². The number of rotatable bonds is 6. The number of hydrogen-bond donors (Lipinski definition) is 2. The number of aryl methyl sites for hydroxylation is 1. The third kappa shape index (κ3) is 4.35. The Morgan fingerprint density at radius 3 is 2.53 bits per heavy atom. The van der Waals surface area contributed by atoms with Gasteiger partial charge in [-0.2, -0.15) is 0 Å². The second-order valence-corrected chi connectivity index (χ2v) is 5.29. The Bertz CT molecular complexity index is 425. The molecule has 106 valence electrons. The zero-order valence-electron chi connectivity index (χ0n) is 12.4. The molecular formula is C16H25NO2. The van der Waals surface area contributed by atoms with E-state index in [0.717, 1.165) is 11.1 Å². The first-order chi connectivity index (χ1) is 8.91. The Balaban J connectivity index is 2.63. The number of benzene rings is 1. The standard InChI is InChI=1S/C16H25NO2/c1-5-16(19,6-2)11-17-15(18)13(4)14-9-7-8-12(3)10-14/h7-10,13,19H,5-6,11H2,1-4H3,(H,17,18). The molecule has 1 amide bonds. The number of hydrogen-bond acceptors (Lipinski definition) is 2. The zero-order chi connectivity index (χ0) is 14.5. The lowest BCUT2D eigenvalue weighted by Gasteiger charge is -2.26. The molecule has 0 aliphatic rings. The van der Waals surface area contributed by atoms with Crippen molar-refractivity contribution in [2.75, 3.05) is 6.54 Å². The summed E-state index contributed by atoms with van der Waals surface area (Å²) in [6.07, 6.45) is 1.28. The summed E-state index contributed by atoms with van der Waals surface area (Å²) < 4.78 is 0. The average molecular weight is 263 g/mol. The van der Waals surface area contributed by atoms with Gasteiger partial charge >= 0.3 is 0 Å². The van der Waals surface area contributed by atoms with Crippen LogP contribution in [0.5, 0.6) is 0 Å². The third-order valence-corrected chi connectivity index (χ3v) is 3.84. The van der Waals surface area contributed by atoms with Crippen LogP contribution in [0, 0.1) is 6.92 Å². The van der Waals surface area contributed by atoms with Crippen LogP contribution in [0.4, 0.5) is 0 Å². The van der Waals surface area contributed by atoms with E-state index in [-0.39, 0.29) is 11.8 Å². The van der Waals surface area contributed by atoms with Crippen LogP contribution in [0.3, 0.4) is 0 Å². The normalized spacial score (nSPS) is 13.1. The molecule has 0 radical (unpaired) electrons. The molecule has 1 aromatic rings. The zero-order valence-corrected chi connectivity index (χ0v) is 12.4. The number of nitrogens with one attached hydrogen (secondary N) is 1.